The minimum absolute atomic E-state index is 0.219. The smallest absolute Gasteiger partial charge is 0.309 e. The molecule has 0 radical (unpaired) electrons. The third-order valence-corrected chi connectivity index (χ3v) is 6.03. The molecule has 1 heterocycles. The molecule has 0 N–H and O–H groups in total. The number of hydrogen-bond donors (Lipinski definition) is 0. The SMILES string of the molecule is CCOC(=O)C1CCN(C(=O)[C@H](C)N(c2cccc(Cl)c2)S(C)(=O)=O)CC1. The first-order valence-corrected chi connectivity index (χ1v) is 11.1. The number of likely N-dealkylation sites (tertiary alicyclic amines) is 1. The molecule has 0 aromatic heterocycles. The predicted molar refractivity (Wildman–Crippen MR) is 104 cm³/mol. The summed E-state index contributed by atoms with van der Waals surface area (Å²) in [4.78, 5) is 26.4. The maximum atomic E-state index is 12.9. The summed E-state index contributed by atoms with van der Waals surface area (Å²) < 4.78 is 30.8. The van der Waals surface area contributed by atoms with E-state index in [1.807, 2.05) is 0 Å². The molecule has 9 heteroatoms. The number of carbonyl (C=O) groups is 2. The first-order valence-electron chi connectivity index (χ1n) is 8.85. The fourth-order valence-corrected chi connectivity index (χ4v) is 4.62. The Balaban J connectivity index is 2.13. The molecule has 1 aromatic carbocycles. The fraction of sp³-hybridized carbons (Fsp3) is 0.556. The average Bonchev–Trinajstić information content (AvgIpc) is 2.60. The summed E-state index contributed by atoms with van der Waals surface area (Å²) >= 11 is 5.98. The molecule has 0 spiro atoms. The van der Waals surface area contributed by atoms with Crippen LogP contribution in [0.3, 0.4) is 0 Å². The monoisotopic (exact) mass is 416 g/mol. The van der Waals surface area contributed by atoms with Gasteiger partial charge in [0.25, 0.3) is 0 Å². The fourth-order valence-electron chi connectivity index (χ4n) is 3.28. The van der Waals surface area contributed by atoms with E-state index >= 15 is 0 Å². The van der Waals surface area contributed by atoms with Gasteiger partial charge in [0.1, 0.15) is 6.04 Å². The van der Waals surface area contributed by atoms with Gasteiger partial charge in [0.15, 0.2) is 0 Å². The van der Waals surface area contributed by atoms with Gasteiger partial charge in [-0.3, -0.25) is 13.9 Å². The van der Waals surface area contributed by atoms with Crippen LogP contribution in [0.2, 0.25) is 5.02 Å². The number of sulfonamides is 1. The summed E-state index contributed by atoms with van der Waals surface area (Å²) in [5.74, 6) is -0.764. The summed E-state index contributed by atoms with van der Waals surface area (Å²) in [5.41, 5.74) is 0.340. The van der Waals surface area contributed by atoms with Crippen LogP contribution in [0, 0.1) is 5.92 Å². The van der Waals surface area contributed by atoms with Gasteiger partial charge in [-0.25, -0.2) is 8.42 Å². The van der Waals surface area contributed by atoms with Crippen LogP contribution in [0.25, 0.3) is 0 Å². The van der Waals surface area contributed by atoms with Gasteiger partial charge in [-0.05, 0) is 44.9 Å². The predicted octanol–water partition coefficient (Wildman–Crippen LogP) is 2.30. The maximum absolute atomic E-state index is 12.9. The second kappa shape index (κ2) is 8.93. The Kier molecular flexibility index (Phi) is 7.11. The second-order valence-corrected chi connectivity index (χ2v) is 8.86. The van der Waals surface area contributed by atoms with Crippen molar-refractivity contribution in [1.82, 2.24) is 4.90 Å². The summed E-state index contributed by atoms with van der Waals surface area (Å²) in [6.07, 6.45) is 2.07. The van der Waals surface area contributed by atoms with Crippen molar-refractivity contribution in [2.45, 2.75) is 32.7 Å². The number of piperidine rings is 1. The number of benzene rings is 1. The van der Waals surface area contributed by atoms with E-state index in [9.17, 15) is 18.0 Å². The Morgan fingerprint density at radius 3 is 2.48 bits per heavy atom. The van der Waals surface area contributed by atoms with Gasteiger partial charge in [-0.15, -0.1) is 0 Å². The molecule has 1 fully saturated rings. The Labute approximate surface area is 165 Å². The normalized spacial score (nSPS) is 16.7. The molecule has 7 nitrogen and oxygen atoms in total. The molecule has 1 aromatic rings. The van der Waals surface area contributed by atoms with Gasteiger partial charge in [-0.2, -0.15) is 0 Å². The van der Waals surface area contributed by atoms with Crippen molar-refractivity contribution in [3.05, 3.63) is 29.3 Å². The standard InChI is InChI=1S/C18H25ClN2O5S/c1-4-26-18(23)14-8-10-20(11-9-14)17(22)13(2)21(27(3,24)25)16-7-5-6-15(19)12-16/h5-7,12-14H,4,8-11H2,1-3H3/t13-/m0/s1. The van der Waals surface area contributed by atoms with E-state index in [1.54, 1.807) is 36.9 Å². The van der Waals surface area contributed by atoms with E-state index < -0.39 is 16.1 Å². The molecular formula is C18H25ClN2O5S. The van der Waals surface area contributed by atoms with Gasteiger partial charge in [0.2, 0.25) is 15.9 Å². The molecule has 27 heavy (non-hydrogen) atoms. The number of esters is 1. The molecule has 1 atom stereocenters. The highest BCUT2D eigenvalue weighted by molar-refractivity contribution is 7.92. The zero-order valence-corrected chi connectivity index (χ0v) is 17.3. The topological polar surface area (TPSA) is 84.0 Å². The van der Waals surface area contributed by atoms with E-state index in [2.05, 4.69) is 0 Å². The highest BCUT2D eigenvalue weighted by Gasteiger charge is 2.35. The van der Waals surface area contributed by atoms with Crippen molar-refractivity contribution in [3.63, 3.8) is 0 Å². The van der Waals surface area contributed by atoms with Gasteiger partial charge in [0.05, 0.1) is 24.5 Å². The van der Waals surface area contributed by atoms with Crippen LogP contribution >= 0.6 is 11.6 Å². The van der Waals surface area contributed by atoms with Gasteiger partial charge in [-0.1, -0.05) is 17.7 Å². The van der Waals surface area contributed by atoms with E-state index in [-0.39, 0.29) is 17.8 Å². The Bertz CT molecular complexity index is 791. The van der Waals surface area contributed by atoms with Crippen molar-refractivity contribution >= 4 is 39.2 Å². The lowest BCUT2D eigenvalue weighted by Crippen LogP contribution is -2.51. The summed E-state index contributed by atoms with van der Waals surface area (Å²) in [5, 5.41) is 0.385. The van der Waals surface area contributed by atoms with Crippen LogP contribution in [-0.4, -0.2) is 57.2 Å². The number of halogens is 1. The van der Waals surface area contributed by atoms with Crippen molar-refractivity contribution in [2.75, 3.05) is 30.3 Å². The van der Waals surface area contributed by atoms with Crippen LogP contribution in [0.15, 0.2) is 24.3 Å². The molecular weight excluding hydrogens is 392 g/mol. The molecule has 0 saturated carbocycles. The molecule has 0 unspecified atom stereocenters. The third-order valence-electron chi connectivity index (χ3n) is 4.56. The number of anilines is 1. The average molecular weight is 417 g/mol. The molecule has 1 amide bonds. The van der Waals surface area contributed by atoms with Crippen molar-refractivity contribution in [1.29, 1.82) is 0 Å². The Morgan fingerprint density at radius 1 is 1.33 bits per heavy atom. The van der Waals surface area contributed by atoms with Crippen LogP contribution in [0.1, 0.15) is 26.7 Å². The number of rotatable bonds is 6. The highest BCUT2D eigenvalue weighted by Crippen LogP contribution is 2.26. The number of carbonyl (C=O) groups excluding carboxylic acids is 2. The minimum Gasteiger partial charge on any atom is -0.466 e. The summed E-state index contributed by atoms with van der Waals surface area (Å²) in [6.45, 7) is 4.42. The minimum atomic E-state index is -3.70. The zero-order valence-electron chi connectivity index (χ0n) is 15.7. The van der Waals surface area contributed by atoms with E-state index in [1.165, 1.54) is 6.07 Å². The third kappa shape index (κ3) is 5.35. The summed E-state index contributed by atoms with van der Waals surface area (Å²) in [6, 6.07) is 5.47. The van der Waals surface area contributed by atoms with Crippen LogP contribution in [0.4, 0.5) is 5.69 Å². The first kappa shape index (κ1) is 21.5. The van der Waals surface area contributed by atoms with E-state index in [0.717, 1.165) is 10.6 Å². The second-order valence-electron chi connectivity index (χ2n) is 6.57. The number of hydrogen-bond acceptors (Lipinski definition) is 5. The van der Waals surface area contributed by atoms with Gasteiger partial charge < -0.3 is 9.64 Å². The molecule has 1 aliphatic rings. The number of amides is 1. The molecule has 1 saturated heterocycles. The van der Waals surface area contributed by atoms with Gasteiger partial charge >= 0.3 is 5.97 Å². The maximum Gasteiger partial charge on any atom is 0.309 e. The number of nitrogens with zero attached hydrogens (tertiary/aromatic N) is 2. The van der Waals surface area contributed by atoms with Crippen molar-refractivity contribution < 1.29 is 22.7 Å². The lowest BCUT2D eigenvalue weighted by atomic mass is 9.96. The largest absolute Gasteiger partial charge is 0.466 e. The molecule has 1 aliphatic heterocycles. The molecule has 2 rings (SSSR count). The molecule has 0 aliphatic carbocycles. The lowest BCUT2D eigenvalue weighted by molar-refractivity contribution is -0.151. The summed E-state index contributed by atoms with van der Waals surface area (Å²) in [7, 11) is -3.70. The first-order chi connectivity index (χ1) is 12.6. The van der Waals surface area contributed by atoms with Crippen LogP contribution in [0.5, 0.6) is 0 Å². The lowest BCUT2D eigenvalue weighted by Gasteiger charge is -2.36. The van der Waals surface area contributed by atoms with Crippen LogP contribution < -0.4 is 4.31 Å². The van der Waals surface area contributed by atoms with E-state index in [4.69, 9.17) is 16.3 Å². The molecule has 150 valence electrons. The highest BCUT2D eigenvalue weighted by atomic mass is 35.5. The van der Waals surface area contributed by atoms with Crippen LogP contribution in [-0.2, 0) is 24.3 Å². The Morgan fingerprint density at radius 2 is 1.96 bits per heavy atom. The number of ether oxygens (including phenoxy) is 1. The zero-order chi connectivity index (χ0) is 20.2. The van der Waals surface area contributed by atoms with Crippen molar-refractivity contribution in [2.24, 2.45) is 5.92 Å². The quantitative estimate of drug-likeness (QED) is 0.664. The molecule has 0 bridgehead atoms. The Hall–Kier alpha value is -1.80. The van der Waals surface area contributed by atoms with Gasteiger partial charge in [0, 0.05) is 18.1 Å². The van der Waals surface area contributed by atoms with E-state index in [0.29, 0.717) is 43.2 Å². The van der Waals surface area contributed by atoms with Crippen molar-refractivity contribution in [3.8, 4) is 0 Å².